The van der Waals surface area contributed by atoms with Crippen molar-refractivity contribution in [3.63, 3.8) is 0 Å². The van der Waals surface area contributed by atoms with Crippen molar-refractivity contribution in [1.29, 1.82) is 0 Å². The standard InChI is InChI=1S/C46H88O12S/c1-3-5-7-9-11-13-15-16-17-18-19-20-21-22-23-25-27-29-31-33-35-42(48)57-39(36-55-41(47)34-32-30-28-26-24-14-12-10-8-6-4-2)37-56-46-45(51)44(50)43(49)40(58-46)38-59(52,53)54/h39-40,43-46,49-51H,3-38H2,1-2H3,(H,52,53,54)/t39-,40-,43-,44?,45?,46+/m1/s1. The van der Waals surface area contributed by atoms with Gasteiger partial charge in [-0.05, 0) is 12.8 Å². The van der Waals surface area contributed by atoms with Crippen LogP contribution in [0.3, 0.4) is 0 Å². The number of aliphatic hydroxyl groups is 3. The monoisotopic (exact) mass is 865 g/mol. The van der Waals surface area contributed by atoms with Gasteiger partial charge in [-0.1, -0.05) is 200 Å². The first-order chi connectivity index (χ1) is 28.5. The summed E-state index contributed by atoms with van der Waals surface area (Å²) in [5.74, 6) is -1.96. The molecule has 1 rings (SSSR count). The van der Waals surface area contributed by atoms with Crippen molar-refractivity contribution >= 4 is 22.1 Å². The number of aliphatic hydroxyl groups excluding tert-OH is 3. The van der Waals surface area contributed by atoms with Crippen LogP contribution in [0.4, 0.5) is 0 Å². The summed E-state index contributed by atoms with van der Waals surface area (Å²) in [6.07, 6.45) is 28.7. The third-order valence-electron chi connectivity index (χ3n) is 11.4. The van der Waals surface area contributed by atoms with Gasteiger partial charge in [-0.3, -0.25) is 14.1 Å². The number of carbonyl (C=O) groups excluding carboxylic acids is 2. The van der Waals surface area contributed by atoms with Crippen LogP contribution in [0.2, 0.25) is 0 Å². The van der Waals surface area contributed by atoms with Gasteiger partial charge in [0.05, 0.1) is 6.61 Å². The number of carbonyl (C=O) groups is 2. The summed E-state index contributed by atoms with van der Waals surface area (Å²) < 4.78 is 54.1. The average Bonchev–Trinajstić information content (AvgIpc) is 3.20. The Bertz CT molecular complexity index is 1110. The average molecular weight is 865 g/mol. The summed E-state index contributed by atoms with van der Waals surface area (Å²) in [6, 6.07) is 0. The highest BCUT2D eigenvalue weighted by atomic mass is 32.2. The molecule has 59 heavy (non-hydrogen) atoms. The molecular weight excluding hydrogens is 777 g/mol. The Balaban J connectivity index is 2.36. The lowest BCUT2D eigenvalue weighted by molar-refractivity contribution is -0.297. The van der Waals surface area contributed by atoms with E-state index in [4.69, 9.17) is 18.9 Å². The van der Waals surface area contributed by atoms with Crippen LogP contribution in [0.15, 0.2) is 0 Å². The van der Waals surface area contributed by atoms with E-state index in [9.17, 15) is 37.9 Å². The topological polar surface area (TPSA) is 186 Å². The molecule has 12 nitrogen and oxygen atoms in total. The lowest BCUT2D eigenvalue weighted by atomic mass is 10.00. The minimum absolute atomic E-state index is 0.173. The number of hydrogen-bond acceptors (Lipinski definition) is 11. The maximum atomic E-state index is 12.8. The lowest BCUT2D eigenvalue weighted by Crippen LogP contribution is -2.60. The van der Waals surface area contributed by atoms with Crippen LogP contribution in [0.5, 0.6) is 0 Å². The predicted molar refractivity (Wildman–Crippen MR) is 234 cm³/mol. The smallest absolute Gasteiger partial charge is 0.306 e. The molecule has 1 aliphatic rings. The van der Waals surface area contributed by atoms with E-state index >= 15 is 0 Å². The molecule has 0 aromatic carbocycles. The number of unbranched alkanes of at least 4 members (excludes halogenated alkanes) is 29. The minimum Gasteiger partial charge on any atom is -0.462 e. The van der Waals surface area contributed by atoms with E-state index in [1.807, 2.05) is 0 Å². The van der Waals surface area contributed by atoms with Crippen LogP contribution in [0, 0.1) is 0 Å². The summed E-state index contributed by atoms with van der Waals surface area (Å²) in [4.78, 5) is 25.4. The zero-order valence-electron chi connectivity index (χ0n) is 37.4. The molecule has 1 heterocycles. The minimum atomic E-state index is -4.60. The number of hydrogen-bond donors (Lipinski definition) is 4. The zero-order chi connectivity index (χ0) is 43.4. The normalized spacial score (nSPS) is 20.1. The number of esters is 2. The molecule has 13 heteroatoms. The van der Waals surface area contributed by atoms with Crippen molar-refractivity contribution in [3.8, 4) is 0 Å². The van der Waals surface area contributed by atoms with E-state index in [1.54, 1.807) is 0 Å². The molecule has 0 saturated carbocycles. The Hall–Kier alpha value is -1.35. The molecule has 1 fully saturated rings. The highest BCUT2D eigenvalue weighted by Gasteiger charge is 2.46. The fraction of sp³-hybridized carbons (Fsp3) is 0.957. The third-order valence-corrected chi connectivity index (χ3v) is 12.2. The van der Waals surface area contributed by atoms with E-state index in [0.717, 1.165) is 38.5 Å². The van der Waals surface area contributed by atoms with Crippen LogP contribution in [-0.2, 0) is 38.7 Å². The molecule has 0 spiro atoms. The molecule has 0 aliphatic carbocycles. The molecule has 1 saturated heterocycles. The molecule has 0 amide bonds. The van der Waals surface area contributed by atoms with Gasteiger partial charge in [0.1, 0.15) is 36.8 Å². The Kier molecular flexibility index (Phi) is 35.1. The van der Waals surface area contributed by atoms with Crippen LogP contribution < -0.4 is 0 Å². The van der Waals surface area contributed by atoms with Gasteiger partial charge in [-0.2, -0.15) is 8.42 Å². The summed E-state index contributed by atoms with van der Waals surface area (Å²) >= 11 is 0. The van der Waals surface area contributed by atoms with Crippen molar-refractivity contribution in [3.05, 3.63) is 0 Å². The van der Waals surface area contributed by atoms with E-state index in [1.165, 1.54) is 148 Å². The summed E-state index contributed by atoms with van der Waals surface area (Å²) in [5, 5.41) is 30.9. The Morgan fingerprint density at radius 3 is 1.24 bits per heavy atom. The molecular formula is C46H88O12S. The molecule has 0 bridgehead atoms. The molecule has 0 aromatic heterocycles. The first-order valence-corrected chi connectivity index (χ1v) is 25.7. The molecule has 350 valence electrons. The summed E-state index contributed by atoms with van der Waals surface area (Å²) in [7, 11) is -4.60. The van der Waals surface area contributed by atoms with E-state index < -0.39 is 71.2 Å². The van der Waals surface area contributed by atoms with Gasteiger partial charge in [-0.25, -0.2) is 0 Å². The van der Waals surface area contributed by atoms with E-state index in [0.29, 0.717) is 12.8 Å². The first-order valence-electron chi connectivity index (χ1n) is 24.1. The van der Waals surface area contributed by atoms with Crippen LogP contribution in [0.1, 0.15) is 226 Å². The van der Waals surface area contributed by atoms with E-state index in [2.05, 4.69) is 13.8 Å². The Morgan fingerprint density at radius 2 is 0.864 bits per heavy atom. The molecule has 2 unspecified atom stereocenters. The second kappa shape index (κ2) is 37.2. The quantitative estimate of drug-likeness (QED) is 0.0259. The molecule has 4 N–H and O–H groups in total. The molecule has 0 aromatic rings. The zero-order valence-corrected chi connectivity index (χ0v) is 38.2. The van der Waals surface area contributed by atoms with Gasteiger partial charge in [0, 0.05) is 12.8 Å². The second-order valence-corrected chi connectivity index (χ2v) is 18.6. The van der Waals surface area contributed by atoms with Crippen molar-refractivity contribution in [2.45, 2.75) is 263 Å². The fourth-order valence-corrected chi connectivity index (χ4v) is 8.37. The summed E-state index contributed by atoms with van der Waals surface area (Å²) in [5.41, 5.74) is 0. The van der Waals surface area contributed by atoms with Gasteiger partial charge < -0.3 is 34.3 Å². The molecule has 1 aliphatic heterocycles. The highest BCUT2D eigenvalue weighted by Crippen LogP contribution is 2.24. The fourth-order valence-electron chi connectivity index (χ4n) is 7.68. The number of ether oxygens (including phenoxy) is 4. The Morgan fingerprint density at radius 1 is 0.508 bits per heavy atom. The Labute approximate surface area is 359 Å². The second-order valence-electron chi connectivity index (χ2n) is 17.1. The maximum absolute atomic E-state index is 12.8. The first kappa shape index (κ1) is 55.7. The highest BCUT2D eigenvalue weighted by molar-refractivity contribution is 7.85. The van der Waals surface area contributed by atoms with Crippen molar-refractivity contribution < 1.29 is 56.8 Å². The summed E-state index contributed by atoms with van der Waals surface area (Å²) in [6.45, 7) is 3.78. The predicted octanol–water partition coefficient (Wildman–Crippen LogP) is 10.1. The van der Waals surface area contributed by atoms with Gasteiger partial charge in [-0.15, -0.1) is 0 Å². The number of rotatable bonds is 41. The van der Waals surface area contributed by atoms with Crippen molar-refractivity contribution in [2.75, 3.05) is 19.0 Å². The van der Waals surface area contributed by atoms with Gasteiger partial charge in [0.15, 0.2) is 12.4 Å². The van der Waals surface area contributed by atoms with Crippen LogP contribution in [-0.4, -0.2) is 96.0 Å². The maximum Gasteiger partial charge on any atom is 0.306 e. The molecule has 0 radical (unpaired) electrons. The lowest BCUT2D eigenvalue weighted by Gasteiger charge is -2.40. The third kappa shape index (κ3) is 32.1. The SMILES string of the molecule is CCCCCCCCCCCCCCCCCCCCCCC(=O)O[C@H](COC(=O)CCCCCCCCCCCCC)CO[C@H]1O[C@H](CS(=O)(=O)O)[C@@H](O)C(O)C1O. The van der Waals surface area contributed by atoms with Crippen LogP contribution in [0.25, 0.3) is 0 Å². The van der Waals surface area contributed by atoms with Gasteiger partial charge >= 0.3 is 11.9 Å². The largest absolute Gasteiger partial charge is 0.462 e. The molecule has 6 atom stereocenters. The van der Waals surface area contributed by atoms with Crippen molar-refractivity contribution in [2.24, 2.45) is 0 Å². The van der Waals surface area contributed by atoms with Gasteiger partial charge in [0.2, 0.25) is 0 Å². The van der Waals surface area contributed by atoms with E-state index in [-0.39, 0.29) is 19.4 Å². The van der Waals surface area contributed by atoms with Gasteiger partial charge in [0.25, 0.3) is 10.1 Å². The van der Waals surface area contributed by atoms with Crippen molar-refractivity contribution in [1.82, 2.24) is 0 Å². The van der Waals surface area contributed by atoms with Crippen LogP contribution >= 0.6 is 0 Å².